The number of nitrogens with zero attached hydrogens (tertiary/aromatic N) is 2. The number of aromatic nitrogens is 2. The quantitative estimate of drug-likeness (QED) is 0.592. The van der Waals surface area contributed by atoms with Crippen molar-refractivity contribution in [3.8, 4) is 0 Å². The van der Waals surface area contributed by atoms with Gasteiger partial charge in [0.15, 0.2) is 0 Å². The smallest absolute Gasteiger partial charge is 0.296 e. The van der Waals surface area contributed by atoms with Gasteiger partial charge in [-0.3, -0.25) is 14.3 Å². The molecule has 0 fully saturated rings. The van der Waals surface area contributed by atoms with Crippen LogP contribution in [0.2, 0.25) is 0 Å². The standard InChI is InChI=1S/C20H19N3O2/c1-11-17(12(2)23(3)22-11)19(24)20(25)21-16-10-9-14-8-7-13-5-4-6-15(16)18(13)14/h4-6,9-10H,7-8H2,1-3H3,(H,21,25). The van der Waals surface area contributed by atoms with Crippen molar-refractivity contribution in [1.82, 2.24) is 9.78 Å². The number of carbonyl (C=O) groups excluding carboxylic acids is 2. The number of carbonyl (C=O) groups is 2. The molecule has 0 spiro atoms. The van der Waals surface area contributed by atoms with Crippen LogP contribution in [0.3, 0.4) is 0 Å². The van der Waals surface area contributed by atoms with Crippen LogP contribution in [0, 0.1) is 13.8 Å². The molecule has 0 saturated heterocycles. The summed E-state index contributed by atoms with van der Waals surface area (Å²) < 4.78 is 1.62. The molecule has 1 N–H and O–H groups in total. The topological polar surface area (TPSA) is 64.0 Å². The predicted octanol–water partition coefficient (Wildman–Crippen LogP) is 3.11. The number of nitrogens with one attached hydrogen (secondary N) is 1. The highest BCUT2D eigenvalue weighted by Gasteiger charge is 2.25. The van der Waals surface area contributed by atoms with Crippen LogP contribution in [0.15, 0.2) is 30.3 Å². The van der Waals surface area contributed by atoms with Crippen LogP contribution in [0.1, 0.15) is 32.9 Å². The van der Waals surface area contributed by atoms with E-state index in [0.717, 1.165) is 18.2 Å². The summed E-state index contributed by atoms with van der Waals surface area (Å²) in [4.78, 5) is 25.2. The summed E-state index contributed by atoms with van der Waals surface area (Å²) in [5, 5.41) is 9.23. The van der Waals surface area contributed by atoms with Crippen LogP contribution < -0.4 is 5.32 Å². The van der Waals surface area contributed by atoms with Crippen LogP contribution in [-0.4, -0.2) is 21.5 Å². The van der Waals surface area contributed by atoms with E-state index in [2.05, 4.69) is 16.5 Å². The molecule has 2 aromatic carbocycles. The lowest BCUT2D eigenvalue weighted by Crippen LogP contribution is -2.24. The lowest BCUT2D eigenvalue weighted by atomic mass is 10.0. The molecular weight excluding hydrogens is 314 g/mol. The fraction of sp³-hybridized carbons (Fsp3) is 0.250. The van der Waals surface area contributed by atoms with Gasteiger partial charge in [-0.05, 0) is 49.3 Å². The first-order valence-electron chi connectivity index (χ1n) is 8.36. The highest BCUT2D eigenvalue weighted by Crippen LogP contribution is 2.35. The van der Waals surface area contributed by atoms with Crippen LogP contribution in [0.25, 0.3) is 10.8 Å². The van der Waals surface area contributed by atoms with Crippen molar-refractivity contribution in [2.75, 3.05) is 5.32 Å². The molecule has 5 nitrogen and oxygen atoms in total. The first kappa shape index (κ1) is 15.6. The molecule has 126 valence electrons. The molecule has 0 bridgehead atoms. The van der Waals surface area contributed by atoms with E-state index in [0.29, 0.717) is 22.6 Å². The maximum absolute atomic E-state index is 12.6. The van der Waals surface area contributed by atoms with Crippen molar-refractivity contribution < 1.29 is 9.59 Å². The van der Waals surface area contributed by atoms with E-state index in [1.807, 2.05) is 24.3 Å². The lowest BCUT2D eigenvalue weighted by Gasteiger charge is -2.10. The Morgan fingerprint density at radius 3 is 2.48 bits per heavy atom. The fourth-order valence-electron chi connectivity index (χ4n) is 3.75. The van der Waals surface area contributed by atoms with Gasteiger partial charge in [0.1, 0.15) is 0 Å². The first-order valence-corrected chi connectivity index (χ1v) is 8.36. The second-order valence-corrected chi connectivity index (χ2v) is 6.56. The molecule has 1 heterocycles. The highest BCUT2D eigenvalue weighted by molar-refractivity contribution is 6.47. The van der Waals surface area contributed by atoms with Gasteiger partial charge in [-0.15, -0.1) is 0 Å². The molecule has 0 unspecified atom stereocenters. The van der Waals surface area contributed by atoms with Crippen LogP contribution in [-0.2, 0) is 24.7 Å². The summed E-state index contributed by atoms with van der Waals surface area (Å²) in [7, 11) is 1.76. The van der Waals surface area contributed by atoms with Crippen molar-refractivity contribution in [3.63, 3.8) is 0 Å². The molecule has 3 aromatic rings. The zero-order chi connectivity index (χ0) is 17.7. The molecule has 1 aliphatic rings. The van der Waals surface area contributed by atoms with E-state index in [1.165, 1.54) is 16.5 Å². The number of benzene rings is 2. The number of hydrogen-bond acceptors (Lipinski definition) is 3. The SMILES string of the molecule is Cc1nn(C)c(C)c1C(=O)C(=O)Nc1ccc2c3c(cccc13)CC2. The van der Waals surface area contributed by atoms with Crippen LogP contribution in [0.5, 0.6) is 0 Å². The normalized spacial score (nSPS) is 12.6. The monoisotopic (exact) mass is 333 g/mol. The van der Waals surface area contributed by atoms with E-state index < -0.39 is 11.7 Å². The molecule has 25 heavy (non-hydrogen) atoms. The maximum atomic E-state index is 12.6. The van der Waals surface area contributed by atoms with Gasteiger partial charge in [-0.1, -0.05) is 24.3 Å². The number of Topliss-reactive ketones (excluding diaryl/α,β-unsaturated/α-hetero) is 1. The van der Waals surface area contributed by atoms with Gasteiger partial charge in [0.25, 0.3) is 11.7 Å². The average Bonchev–Trinajstić information content (AvgIpc) is 3.12. The molecular formula is C20H19N3O2. The van der Waals surface area contributed by atoms with Crippen LogP contribution in [0.4, 0.5) is 5.69 Å². The number of amides is 1. The number of ketones is 1. The molecule has 1 aromatic heterocycles. The highest BCUT2D eigenvalue weighted by atomic mass is 16.2. The maximum Gasteiger partial charge on any atom is 0.296 e. The zero-order valence-electron chi connectivity index (χ0n) is 14.5. The van der Waals surface area contributed by atoms with E-state index in [-0.39, 0.29) is 0 Å². The van der Waals surface area contributed by atoms with Gasteiger partial charge in [0.05, 0.1) is 11.3 Å². The van der Waals surface area contributed by atoms with Crippen molar-refractivity contribution in [2.45, 2.75) is 26.7 Å². The number of hydrogen-bond donors (Lipinski definition) is 1. The van der Waals surface area contributed by atoms with Gasteiger partial charge >= 0.3 is 0 Å². The van der Waals surface area contributed by atoms with Crippen molar-refractivity contribution in [1.29, 1.82) is 0 Å². The second-order valence-electron chi connectivity index (χ2n) is 6.56. The van der Waals surface area contributed by atoms with E-state index in [4.69, 9.17) is 0 Å². The molecule has 0 atom stereocenters. The van der Waals surface area contributed by atoms with Gasteiger partial charge in [0, 0.05) is 23.8 Å². The third-order valence-corrected chi connectivity index (χ3v) is 5.07. The minimum Gasteiger partial charge on any atom is -0.319 e. The van der Waals surface area contributed by atoms with E-state index >= 15 is 0 Å². The third kappa shape index (κ3) is 2.35. The van der Waals surface area contributed by atoms with Crippen molar-refractivity contribution in [3.05, 3.63) is 58.4 Å². The predicted molar refractivity (Wildman–Crippen MR) is 97.0 cm³/mol. The molecule has 1 aliphatic carbocycles. The summed E-state index contributed by atoms with van der Waals surface area (Å²) in [5.41, 5.74) is 4.92. The summed E-state index contributed by atoms with van der Waals surface area (Å²) >= 11 is 0. The van der Waals surface area contributed by atoms with E-state index in [1.54, 1.807) is 25.6 Å². The number of anilines is 1. The summed E-state index contributed by atoms with van der Waals surface area (Å²) in [6.45, 7) is 3.53. The Balaban J connectivity index is 1.70. The largest absolute Gasteiger partial charge is 0.319 e. The summed E-state index contributed by atoms with van der Waals surface area (Å²) in [6.07, 6.45) is 2.05. The summed E-state index contributed by atoms with van der Waals surface area (Å²) in [5.74, 6) is -1.18. The lowest BCUT2D eigenvalue weighted by molar-refractivity contribution is -0.112. The Morgan fingerprint density at radius 1 is 1.08 bits per heavy atom. The summed E-state index contributed by atoms with van der Waals surface area (Å²) in [6, 6.07) is 10.0. The molecule has 0 saturated carbocycles. The molecule has 4 rings (SSSR count). The van der Waals surface area contributed by atoms with Gasteiger partial charge < -0.3 is 5.32 Å². The van der Waals surface area contributed by atoms with Crippen molar-refractivity contribution >= 4 is 28.2 Å². The van der Waals surface area contributed by atoms with E-state index in [9.17, 15) is 9.59 Å². The Morgan fingerprint density at radius 2 is 1.80 bits per heavy atom. The molecule has 5 heteroatoms. The average molecular weight is 333 g/mol. The fourth-order valence-corrected chi connectivity index (χ4v) is 3.75. The van der Waals surface area contributed by atoms with Gasteiger partial charge in [0.2, 0.25) is 0 Å². The number of rotatable bonds is 3. The Hall–Kier alpha value is -2.95. The Labute approximate surface area is 145 Å². The second kappa shape index (κ2) is 5.55. The Bertz CT molecular complexity index is 1040. The molecule has 0 aliphatic heterocycles. The minimum atomic E-state index is -0.627. The molecule has 1 amide bonds. The minimum absolute atomic E-state index is 0.380. The van der Waals surface area contributed by atoms with Crippen molar-refractivity contribution in [2.24, 2.45) is 7.05 Å². The molecule has 0 radical (unpaired) electrons. The Kier molecular flexibility index (Phi) is 3.46. The number of aryl methyl sites for hydroxylation is 4. The van der Waals surface area contributed by atoms with Crippen LogP contribution >= 0.6 is 0 Å². The third-order valence-electron chi connectivity index (χ3n) is 5.07. The van der Waals surface area contributed by atoms with Gasteiger partial charge in [-0.2, -0.15) is 5.10 Å². The zero-order valence-corrected chi connectivity index (χ0v) is 14.5. The first-order chi connectivity index (χ1) is 12.0. The van der Waals surface area contributed by atoms with Gasteiger partial charge in [-0.25, -0.2) is 0 Å².